The number of fused-ring (bicyclic) bond motifs is 4. The van der Waals surface area contributed by atoms with E-state index in [1.54, 1.807) is 0 Å². The minimum atomic E-state index is -0.0704. The van der Waals surface area contributed by atoms with Gasteiger partial charge in [-0.3, -0.25) is 0 Å². The summed E-state index contributed by atoms with van der Waals surface area (Å²) in [5.74, 6) is 0. The van der Waals surface area contributed by atoms with Crippen LogP contribution in [0.1, 0.15) is 105 Å². The maximum atomic E-state index is 6.40. The van der Waals surface area contributed by atoms with Gasteiger partial charge < -0.3 is 9.32 Å². The Morgan fingerprint density at radius 1 is 0.344 bits per heavy atom. The van der Waals surface area contributed by atoms with E-state index in [9.17, 15) is 0 Å². The molecule has 322 valence electrons. The Morgan fingerprint density at radius 2 is 0.828 bits per heavy atom. The van der Waals surface area contributed by atoms with Gasteiger partial charge in [-0.1, -0.05) is 204 Å². The van der Waals surface area contributed by atoms with Crippen LogP contribution in [0, 0.1) is 0 Å². The lowest BCUT2D eigenvalue weighted by molar-refractivity contribution is 0.568. The van der Waals surface area contributed by atoms with Crippen molar-refractivity contribution in [2.75, 3.05) is 4.90 Å². The van der Waals surface area contributed by atoms with Crippen molar-refractivity contribution in [3.63, 3.8) is 0 Å². The van der Waals surface area contributed by atoms with Gasteiger partial charge >= 0.3 is 0 Å². The van der Waals surface area contributed by atoms with Crippen molar-refractivity contribution in [2.24, 2.45) is 0 Å². The third-order valence-electron chi connectivity index (χ3n) is 13.0. The summed E-state index contributed by atoms with van der Waals surface area (Å²) >= 11 is 0. The molecule has 1 heterocycles. The number of furan rings is 1. The second kappa shape index (κ2) is 15.7. The first kappa shape index (κ1) is 42.9. The third-order valence-corrected chi connectivity index (χ3v) is 13.0. The highest BCUT2D eigenvalue weighted by Gasteiger charge is 2.27. The summed E-state index contributed by atoms with van der Waals surface area (Å²) in [4.78, 5) is 2.51. The molecule has 0 N–H and O–H groups in total. The fraction of sp³-hybridized carbons (Fsp3) is 0.258. The zero-order valence-corrected chi connectivity index (χ0v) is 39.9. The van der Waals surface area contributed by atoms with Crippen molar-refractivity contribution in [3.05, 3.63) is 186 Å². The summed E-state index contributed by atoms with van der Waals surface area (Å²) in [5, 5.41) is 4.75. The molecule has 1 aromatic heterocycles. The maximum Gasteiger partial charge on any atom is 0.136 e. The fourth-order valence-electron chi connectivity index (χ4n) is 9.21. The minimum Gasteiger partial charge on any atom is -0.456 e. The second-order valence-corrected chi connectivity index (χ2v) is 22.0. The predicted octanol–water partition coefficient (Wildman–Crippen LogP) is 18.4. The molecule has 64 heavy (non-hydrogen) atoms. The van der Waals surface area contributed by atoms with E-state index in [0.717, 1.165) is 50.1 Å². The van der Waals surface area contributed by atoms with Gasteiger partial charge in [0.1, 0.15) is 11.2 Å². The van der Waals surface area contributed by atoms with Crippen LogP contribution in [-0.2, 0) is 21.7 Å². The van der Waals surface area contributed by atoms with Crippen LogP contribution in [0.2, 0.25) is 0 Å². The number of rotatable bonds is 6. The largest absolute Gasteiger partial charge is 0.456 e. The topological polar surface area (TPSA) is 16.4 Å². The molecule has 0 amide bonds. The quantitative estimate of drug-likeness (QED) is 0.166. The summed E-state index contributed by atoms with van der Waals surface area (Å²) < 4.78 is 6.40. The zero-order chi connectivity index (χ0) is 45.3. The summed E-state index contributed by atoms with van der Waals surface area (Å²) in [6, 6.07) is 61.1. The van der Waals surface area contributed by atoms with Crippen molar-refractivity contribution in [1.29, 1.82) is 0 Å². The van der Waals surface area contributed by atoms with Gasteiger partial charge in [0.15, 0.2) is 0 Å². The van der Waals surface area contributed by atoms with Crippen LogP contribution in [0.25, 0.3) is 66.1 Å². The SMILES string of the molecule is CC(C)(C)c1cc(-c2cccc3cccc(-c4ccccc4N(c4cccc(-c5cccc6oc7ccccc7c56)c4)c4cc(C(C)(C)C)cc(C(C)(C)C)c4)c23)cc(C(C)(C)C)c1. The first-order chi connectivity index (χ1) is 30.3. The van der Waals surface area contributed by atoms with Gasteiger partial charge in [-0.2, -0.15) is 0 Å². The monoisotopic (exact) mass is 837 g/mol. The Kier molecular flexibility index (Phi) is 10.5. The number of nitrogens with zero attached hydrogens (tertiary/aromatic N) is 1. The third kappa shape index (κ3) is 8.04. The summed E-state index contributed by atoms with van der Waals surface area (Å²) in [7, 11) is 0. The van der Waals surface area contributed by atoms with Crippen molar-refractivity contribution in [3.8, 4) is 33.4 Å². The molecule has 0 saturated heterocycles. The minimum absolute atomic E-state index is 0.00516. The molecule has 0 unspecified atom stereocenters. The van der Waals surface area contributed by atoms with E-state index in [1.807, 2.05) is 6.07 Å². The Bertz CT molecular complexity index is 3130. The molecule has 0 aliphatic rings. The van der Waals surface area contributed by atoms with Crippen LogP contribution in [0.4, 0.5) is 17.1 Å². The normalized spacial score (nSPS) is 12.7. The summed E-state index contributed by atoms with van der Waals surface area (Å²) in [6.07, 6.45) is 0. The Morgan fingerprint density at radius 3 is 1.45 bits per heavy atom. The van der Waals surface area contributed by atoms with Gasteiger partial charge in [0, 0.05) is 27.7 Å². The number of hydrogen-bond donors (Lipinski definition) is 0. The lowest BCUT2D eigenvalue weighted by Gasteiger charge is -2.32. The van der Waals surface area contributed by atoms with Crippen molar-refractivity contribution in [2.45, 2.75) is 105 Å². The van der Waals surface area contributed by atoms with Crippen molar-refractivity contribution < 1.29 is 4.42 Å². The standard InChI is InChI=1S/C62H63NO/c1-59(2,3)43-33-42(34-44(36-43)60(4,5)6)50-27-18-21-40-22-19-29-52(57(40)50)51-25-13-15-30-54(51)63(48-38-45(61(7,8)9)37-46(39-48)62(10,11)12)47-24-17-23-41(35-47)49-28-20-32-56-58(49)53-26-14-16-31-55(53)64-56/h13-39H,1-12H3. The van der Waals surface area contributed by atoms with Gasteiger partial charge in [-0.05, 0) is 125 Å². The number of anilines is 3. The summed E-state index contributed by atoms with van der Waals surface area (Å²) in [5.41, 5.74) is 17.5. The molecule has 2 heteroatoms. The van der Waals surface area contributed by atoms with Gasteiger partial charge in [0.25, 0.3) is 0 Å². The molecule has 0 aliphatic carbocycles. The molecular weight excluding hydrogens is 775 g/mol. The predicted molar refractivity (Wildman–Crippen MR) is 277 cm³/mol. The Balaban J connectivity index is 1.33. The lowest BCUT2D eigenvalue weighted by atomic mass is 9.78. The van der Waals surface area contributed by atoms with Crippen LogP contribution in [0.5, 0.6) is 0 Å². The average Bonchev–Trinajstić information content (AvgIpc) is 3.64. The van der Waals surface area contributed by atoms with E-state index in [1.165, 1.54) is 55.3 Å². The van der Waals surface area contributed by atoms with E-state index in [0.29, 0.717) is 0 Å². The molecule has 0 aliphatic heterocycles. The highest BCUT2D eigenvalue weighted by molar-refractivity contribution is 6.13. The van der Waals surface area contributed by atoms with Crippen LogP contribution in [-0.4, -0.2) is 0 Å². The van der Waals surface area contributed by atoms with E-state index >= 15 is 0 Å². The van der Waals surface area contributed by atoms with Crippen molar-refractivity contribution >= 4 is 49.8 Å². The van der Waals surface area contributed by atoms with Crippen LogP contribution in [0.3, 0.4) is 0 Å². The first-order valence-electron chi connectivity index (χ1n) is 23.0. The molecule has 0 spiro atoms. The number of para-hydroxylation sites is 2. The molecule has 0 bridgehead atoms. The van der Waals surface area contributed by atoms with E-state index in [4.69, 9.17) is 4.42 Å². The van der Waals surface area contributed by atoms with Gasteiger partial charge in [0.05, 0.1) is 5.69 Å². The molecule has 0 fully saturated rings. The number of benzene rings is 8. The van der Waals surface area contributed by atoms with Gasteiger partial charge in [-0.25, -0.2) is 0 Å². The smallest absolute Gasteiger partial charge is 0.136 e. The molecular formula is C62H63NO. The zero-order valence-electron chi connectivity index (χ0n) is 39.9. The van der Waals surface area contributed by atoms with Crippen LogP contribution >= 0.6 is 0 Å². The first-order valence-corrected chi connectivity index (χ1v) is 23.0. The van der Waals surface area contributed by atoms with Crippen LogP contribution in [0.15, 0.2) is 168 Å². The molecule has 8 aromatic carbocycles. The molecule has 9 aromatic rings. The van der Waals surface area contributed by atoms with E-state index in [-0.39, 0.29) is 21.7 Å². The lowest BCUT2D eigenvalue weighted by Crippen LogP contribution is -2.19. The highest BCUT2D eigenvalue weighted by Crippen LogP contribution is 2.48. The Labute approximate surface area is 381 Å². The molecule has 0 atom stereocenters. The molecule has 2 nitrogen and oxygen atoms in total. The Hall–Kier alpha value is -6.38. The van der Waals surface area contributed by atoms with E-state index < -0.39 is 0 Å². The second-order valence-electron chi connectivity index (χ2n) is 22.0. The highest BCUT2D eigenvalue weighted by atomic mass is 16.3. The van der Waals surface area contributed by atoms with Crippen LogP contribution < -0.4 is 4.90 Å². The summed E-state index contributed by atoms with van der Waals surface area (Å²) in [6.45, 7) is 27.9. The average molecular weight is 838 g/mol. The fourth-order valence-corrected chi connectivity index (χ4v) is 9.21. The molecule has 0 saturated carbocycles. The van der Waals surface area contributed by atoms with E-state index in [2.05, 4.69) is 246 Å². The van der Waals surface area contributed by atoms with Gasteiger partial charge in [-0.15, -0.1) is 0 Å². The maximum absolute atomic E-state index is 6.40. The molecule has 0 radical (unpaired) electrons. The number of hydrogen-bond acceptors (Lipinski definition) is 2. The molecule has 9 rings (SSSR count). The van der Waals surface area contributed by atoms with Gasteiger partial charge in [0.2, 0.25) is 0 Å². The van der Waals surface area contributed by atoms with Crippen molar-refractivity contribution in [1.82, 2.24) is 0 Å².